The molecule has 0 bridgehead atoms. The maximum Gasteiger partial charge on any atom is 0.328 e. The Balaban J connectivity index is 2.35. The zero-order valence-electron chi connectivity index (χ0n) is 11.1. The third kappa shape index (κ3) is 2.76. The van der Waals surface area contributed by atoms with Crippen LogP contribution in [0.2, 0.25) is 0 Å². The third-order valence-corrected chi connectivity index (χ3v) is 2.94. The molecular formula is C13H14FN3O3. The van der Waals surface area contributed by atoms with Crippen molar-refractivity contribution in [3.8, 4) is 0 Å². The summed E-state index contributed by atoms with van der Waals surface area (Å²) in [6.07, 6.45) is 3.22. The number of benzene rings is 1. The number of nitro groups is 1. The summed E-state index contributed by atoms with van der Waals surface area (Å²) >= 11 is 0. The van der Waals surface area contributed by atoms with Gasteiger partial charge < -0.3 is 0 Å². The molecule has 7 heteroatoms. The summed E-state index contributed by atoms with van der Waals surface area (Å²) in [6, 6.07) is 3.32. The van der Waals surface area contributed by atoms with E-state index in [0.717, 1.165) is 6.07 Å². The van der Waals surface area contributed by atoms with Gasteiger partial charge in [0, 0.05) is 24.5 Å². The molecule has 0 saturated carbocycles. The lowest BCUT2D eigenvalue weighted by Crippen LogP contribution is -2.25. The Morgan fingerprint density at radius 2 is 2.00 bits per heavy atom. The van der Waals surface area contributed by atoms with E-state index in [1.54, 1.807) is 12.4 Å². The molecule has 20 heavy (non-hydrogen) atoms. The first-order valence-electron chi connectivity index (χ1n) is 6.09. The summed E-state index contributed by atoms with van der Waals surface area (Å²) in [6.45, 7) is 3.84. The molecule has 0 unspecified atom stereocenters. The van der Waals surface area contributed by atoms with E-state index in [0.29, 0.717) is 5.56 Å². The topological polar surface area (TPSA) is 70.1 Å². The normalized spacial score (nSPS) is 11.0. The number of rotatable bonds is 4. The molecule has 2 rings (SSSR count). The van der Waals surface area contributed by atoms with E-state index < -0.39 is 10.7 Å². The molecule has 0 N–H and O–H groups in total. The van der Waals surface area contributed by atoms with E-state index in [4.69, 9.17) is 0 Å². The number of aromatic nitrogens is 2. The number of nitrogens with zero attached hydrogens (tertiary/aromatic N) is 3. The standard InChI is InChI=1S/C13H14FN3O3/c1-9(2)16-4-3-15(13(16)18)8-10-5-11(14)7-12(6-10)17(19)20/h3-7,9H,8H2,1-2H3. The highest BCUT2D eigenvalue weighted by atomic mass is 19.1. The monoisotopic (exact) mass is 279 g/mol. The molecule has 0 aliphatic carbocycles. The van der Waals surface area contributed by atoms with Gasteiger partial charge in [0.15, 0.2) is 0 Å². The Labute approximate surface area is 114 Å². The van der Waals surface area contributed by atoms with Gasteiger partial charge in [0.2, 0.25) is 0 Å². The van der Waals surface area contributed by atoms with E-state index in [-0.39, 0.29) is 24.0 Å². The van der Waals surface area contributed by atoms with Crippen molar-refractivity contribution in [2.24, 2.45) is 0 Å². The second-order valence-electron chi connectivity index (χ2n) is 4.78. The molecule has 0 aliphatic rings. The van der Waals surface area contributed by atoms with Gasteiger partial charge in [-0.15, -0.1) is 0 Å². The van der Waals surface area contributed by atoms with Crippen molar-refractivity contribution in [1.29, 1.82) is 0 Å². The number of non-ortho nitro benzene ring substituents is 1. The fraction of sp³-hybridized carbons (Fsp3) is 0.308. The summed E-state index contributed by atoms with van der Waals surface area (Å²) in [7, 11) is 0. The summed E-state index contributed by atoms with van der Waals surface area (Å²) < 4.78 is 16.3. The van der Waals surface area contributed by atoms with Gasteiger partial charge in [-0.3, -0.25) is 19.2 Å². The van der Waals surface area contributed by atoms with Crippen molar-refractivity contribution in [2.45, 2.75) is 26.4 Å². The molecule has 1 aromatic heterocycles. The quantitative estimate of drug-likeness (QED) is 0.637. The van der Waals surface area contributed by atoms with Crippen LogP contribution in [0, 0.1) is 15.9 Å². The van der Waals surface area contributed by atoms with E-state index in [2.05, 4.69) is 0 Å². The van der Waals surface area contributed by atoms with E-state index in [9.17, 15) is 19.3 Å². The van der Waals surface area contributed by atoms with Gasteiger partial charge in [-0.2, -0.15) is 0 Å². The average Bonchev–Trinajstić information content (AvgIpc) is 2.70. The molecule has 106 valence electrons. The van der Waals surface area contributed by atoms with Crippen LogP contribution in [-0.4, -0.2) is 14.1 Å². The maximum absolute atomic E-state index is 13.3. The number of imidazole rings is 1. The van der Waals surface area contributed by atoms with Gasteiger partial charge in [0.25, 0.3) is 5.69 Å². The van der Waals surface area contributed by atoms with Crippen LogP contribution in [0.5, 0.6) is 0 Å². The average molecular weight is 279 g/mol. The zero-order valence-corrected chi connectivity index (χ0v) is 11.1. The molecule has 0 amide bonds. The lowest BCUT2D eigenvalue weighted by Gasteiger charge is -2.05. The third-order valence-electron chi connectivity index (χ3n) is 2.94. The van der Waals surface area contributed by atoms with E-state index in [1.165, 1.54) is 21.3 Å². The van der Waals surface area contributed by atoms with Crippen LogP contribution in [0.15, 0.2) is 35.4 Å². The zero-order chi connectivity index (χ0) is 14.9. The number of hydrogen-bond donors (Lipinski definition) is 0. The number of hydrogen-bond acceptors (Lipinski definition) is 3. The fourth-order valence-electron chi connectivity index (χ4n) is 1.97. The predicted octanol–water partition coefficient (Wildman–Crippen LogP) is 2.33. The number of halogens is 1. The molecule has 6 nitrogen and oxygen atoms in total. The van der Waals surface area contributed by atoms with Crippen molar-refractivity contribution in [3.63, 3.8) is 0 Å². The molecule has 1 aromatic carbocycles. The van der Waals surface area contributed by atoms with Gasteiger partial charge >= 0.3 is 5.69 Å². The Hall–Kier alpha value is -2.44. The lowest BCUT2D eigenvalue weighted by atomic mass is 10.2. The van der Waals surface area contributed by atoms with Gasteiger partial charge in [-0.05, 0) is 25.5 Å². The van der Waals surface area contributed by atoms with Crippen LogP contribution in [0.3, 0.4) is 0 Å². The molecule has 1 heterocycles. The smallest absolute Gasteiger partial charge is 0.297 e. The highest BCUT2D eigenvalue weighted by molar-refractivity contribution is 5.35. The minimum Gasteiger partial charge on any atom is -0.297 e. The van der Waals surface area contributed by atoms with Crippen molar-refractivity contribution < 1.29 is 9.31 Å². The first-order valence-corrected chi connectivity index (χ1v) is 6.09. The van der Waals surface area contributed by atoms with Crippen molar-refractivity contribution >= 4 is 5.69 Å². The van der Waals surface area contributed by atoms with Crippen molar-refractivity contribution in [1.82, 2.24) is 9.13 Å². The van der Waals surface area contributed by atoms with Gasteiger partial charge in [0.05, 0.1) is 17.5 Å². The van der Waals surface area contributed by atoms with E-state index >= 15 is 0 Å². The van der Waals surface area contributed by atoms with Gasteiger partial charge in [0.1, 0.15) is 5.82 Å². The maximum atomic E-state index is 13.3. The highest BCUT2D eigenvalue weighted by Crippen LogP contribution is 2.17. The number of nitro benzene ring substituents is 1. The molecule has 0 aliphatic heterocycles. The summed E-state index contributed by atoms with van der Waals surface area (Å²) in [5, 5.41) is 10.7. The fourth-order valence-corrected chi connectivity index (χ4v) is 1.97. The summed E-state index contributed by atoms with van der Waals surface area (Å²) in [5.74, 6) is -0.689. The first kappa shape index (κ1) is 14.0. The van der Waals surface area contributed by atoms with Crippen molar-refractivity contribution in [2.75, 3.05) is 0 Å². The SMILES string of the molecule is CC(C)n1ccn(Cc2cc(F)cc([N+](=O)[O-])c2)c1=O. The van der Waals surface area contributed by atoms with Crippen LogP contribution in [0.1, 0.15) is 25.5 Å². The summed E-state index contributed by atoms with van der Waals surface area (Å²) in [4.78, 5) is 22.0. The highest BCUT2D eigenvalue weighted by Gasteiger charge is 2.12. The molecule has 0 spiro atoms. The second-order valence-corrected chi connectivity index (χ2v) is 4.78. The van der Waals surface area contributed by atoms with Crippen LogP contribution < -0.4 is 5.69 Å². The Bertz CT molecular complexity index is 703. The van der Waals surface area contributed by atoms with Crippen LogP contribution in [-0.2, 0) is 6.54 Å². The minimum absolute atomic E-state index is 0.0191. The minimum atomic E-state index is -0.689. The molecular weight excluding hydrogens is 265 g/mol. The Kier molecular flexibility index (Phi) is 3.69. The van der Waals surface area contributed by atoms with E-state index in [1.807, 2.05) is 13.8 Å². The van der Waals surface area contributed by atoms with Crippen molar-refractivity contribution in [3.05, 3.63) is 62.6 Å². The summed E-state index contributed by atoms with van der Waals surface area (Å²) in [5.41, 5.74) is -0.177. The first-order chi connectivity index (χ1) is 9.38. The van der Waals surface area contributed by atoms with Crippen LogP contribution in [0.4, 0.5) is 10.1 Å². The molecule has 0 fully saturated rings. The molecule has 0 atom stereocenters. The predicted molar refractivity (Wildman–Crippen MR) is 71.2 cm³/mol. The van der Waals surface area contributed by atoms with Crippen LogP contribution >= 0.6 is 0 Å². The molecule has 0 saturated heterocycles. The Morgan fingerprint density at radius 3 is 2.55 bits per heavy atom. The van der Waals surface area contributed by atoms with Crippen LogP contribution in [0.25, 0.3) is 0 Å². The second kappa shape index (κ2) is 5.28. The molecule has 2 aromatic rings. The molecule has 0 radical (unpaired) electrons. The largest absolute Gasteiger partial charge is 0.328 e. The lowest BCUT2D eigenvalue weighted by molar-refractivity contribution is -0.385. The van der Waals surface area contributed by atoms with Gasteiger partial charge in [-0.1, -0.05) is 0 Å². The Morgan fingerprint density at radius 1 is 1.30 bits per heavy atom. The van der Waals surface area contributed by atoms with Gasteiger partial charge in [-0.25, -0.2) is 9.18 Å².